The molecule has 2 rings (SSSR count). The Bertz CT molecular complexity index is 486. The summed E-state index contributed by atoms with van der Waals surface area (Å²) in [7, 11) is 1.70. The topological polar surface area (TPSA) is 68.5 Å². The molecule has 0 aromatic carbocycles. The van der Waals surface area contributed by atoms with E-state index in [2.05, 4.69) is 0 Å². The molecule has 0 amide bonds. The Morgan fingerprint density at radius 3 is 2.61 bits per heavy atom. The maximum Gasteiger partial charge on any atom is 0.341 e. The van der Waals surface area contributed by atoms with Crippen molar-refractivity contribution in [1.82, 2.24) is 4.57 Å². The third-order valence-corrected chi connectivity index (χ3v) is 3.58. The van der Waals surface area contributed by atoms with E-state index in [1.165, 1.54) is 6.07 Å². The summed E-state index contributed by atoms with van der Waals surface area (Å²) in [5.41, 5.74) is -0.572. The molecule has 0 bridgehead atoms. The smallest absolute Gasteiger partial charge is 0.341 e. The molecule has 1 aromatic rings. The Morgan fingerprint density at radius 2 is 2.06 bits per heavy atom. The lowest BCUT2D eigenvalue weighted by Gasteiger charge is -2.29. The van der Waals surface area contributed by atoms with E-state index >= 15 is 0 Å². The number of aromatic nitrogens is 1. The lowest BCUT2D eigenvalue weighted by Crippen LogP contribution is -2.32. The van der Waals surface area contributed by atoms with E-state index in [1.807, 2.05) is 0 Å². The minimum Gasteiger partial charge on any atom is -0.477 e. The largest absolute Gasteiger partial charge is 0.477 e. The van der Waals surface area contributed by atoms with Crippen molar-refractivity contribution in [2.24, 2.45) is 0 Å². The van der Waals surface area contributed by atoms with Crippen molar-refractivity contribution in [2.75, 3.05) is 7.11 Å². The van der Waals surface area contributed by atoms with Gasteiger partial charge in [-0.15, -0.1) is 0 Å². The van der Waals surface area contributed by atoms with Crippen LogP contribution in [0.3, 0.4) is 0 Å². The summed E-state index contributed by atoms with van der Waals surface area (Å²) < 4.78 is 6.84. The molecule has 0 spiro atoms. The van der Waals surface area contributed by atoms with Crippen LogP contribution in [0.1, 0.15) is 42.1 Å². The zero-order valence-corrected chi connectivity index (χ0v) is 10.3. The zero-order valence-electron chi connectivity index (χ0n) is 10.3. The van der Waals surface area contributed by atoms with Gasteiger partial charge in [0.1, 0.15) is 5.56 Å². The number of hydrogen-bond acceptors (Lipinski definition) is 3. The van der Waals surface area contributed by atoms with Crippen LogP contribution in [-0.2, 0) is 4.74 Å². The van der Waals surface area contributed by atoms with Gasteiger partial charge >= 0.3 is 5.97 Å². The quantitative estimate of drug-likeness (QED) is 0.887. The minimum absolute atomic E-state index is 0.0863. The fourth-order valence-corrected chi connectivity index (χ4v) is 2.52. The lowest BCUT2D eigenvalue weighted by molar-refractivity contribution is 0.0576. The number of methoxy groups -OCH3 is 1. The fraction of sp³-hybridized carbons (Fsp3) is 0.538. The predicted molar refractivity (Wildman–Crippen MR) is 66.0 cm³/mol. The van der Waals surface area contributed by atoms with Crippen molar-refractivity contribution in [3.8, 4) is 0 Å². The summed E-state index contributed by atoms with van der Waals surface area (Å²) in [5, 5.41) is 8.94. The first-order valence-corrected chi connectivity index (χ1v) is 6.10. The van der Waals surface area contributed by atoms with Gasteiger partial charge in [-0.3, -0.25) is 4.79 Å². The average Bonchev–Trinajstić information content (AvgIpc) is 2.39. The Balaban J connectivity index is 2.22. The third-order valence-electron chi connectivity index (χ3n) is 3.58. The van der Waals surface area contributed by atoms with Crippen molar-refractivity contribution in [3.63, 3.8) is 0 Å². The summed E-state index contributed by atoms with van der Waals surface area (Å²) in [6, 6.07) is 3.05. The average molecular weight is 251 g/mol. The molecule has 0 aliphatic heterocycles. The van der Waals surface area contributed by atoms with Gasteiger partial charge in [-0.2, -0.15) is 0 Å². The van der Waals surface area contributed by atoms with Crippen LogP contribution < -0.4 is 5.56 Å². The van der Waals surface area contributed by atoms with Gasteiger partial charge in [-0.25, -0.2) is 4.79 Å². The monoisotopic (exact) mass is 251 g/mol. The number of carboxylic acids is 1. The zero-order chi connectivity index (χ0) is 13.1. The van der Waals surface area contributed by atoms with Crippen LogP contribution >= 0.6 is 0 Å². The molecule has 0 unspecified atom stereocenters. The molecule has 0 atom stereocenters. The standard InChI is InChI=1S/C13H17NO4/c1-18-10-6-4-9(5-7-10)14-8-2-3-11(12(14)15)13(16)17/h2-3,8-10H,4-7H2,1H3,(H,16,17)/t9-,10-. The van der Waals surface area contributed by atoms with E-state index in [0.717, 1.165) is 25.7 Å². The van der Waals surface area contributed by atoms with Crippen LogP contribution in [0.25, 0.3) is 0 Å². The number of carbonyl (C=O) groups is 1. The van der Waals surface area contributed by atoms with Crippen LogP contribution in [-0.4, -0.2) is 28.9 Å². The molecule has 1 fully saturated rings. The van der Waals surface area contributed by atoms with Crippen LogP contribution in [0, 0.1) is 0 Å². The molecule has 1 aromatic heterocycles. The van der Waals surface area contributed by atoms with E-state index in [4.69, 9.17) is 9.84 Å². The second kappa shape index (κ2) is 5.35. The molecule has 0 saturated heterocycles. The molecular weight excluding hydrogens is 234 g/mol. The Kier molecular flexibility index (Phi) is 3.81. The van der Waals surface area contributed by atoms with Crippen LogP contribution in [0.4, 0.5) is 0 Å². The van der Waals surface area contributed by atoms with Crippen molar-refractivity contribution in [3.05, 3.63) is 34.2 Å². The van der Waals surface area contributed by atoms with Crippen LogP contribution in [0.5, 0.6) is 0 Å². The number of aromatic carboxylic acids is 1. The molecule has 98 valence electrons. The number of pyridine rings is 1. The first-order chi connectivity index (χ1) is 8.63. The molecule has 1 aliphatic carbocycles. The summed E-state index contributed by atoms with van der Waals surface area (Å²) >= 11 is 0. The van der Waals surface area contributed by atoms with E-state index in [-0.39, 0.29) is 17.7 Å². The molecule has 1 N–H and O–H groups in total. The predicted octanol–water partition coefficient (Wildman–Crippen LogP) is 1.68. The number of nitrogens with zero attached hydrogens (tertiary/aromatic N) is 1. The van der Waals surface area contributed by atoms with E-state index in [0.29, 0.717) is 0 Å². The van der Waals surface area contributed by atoms with Crippen LogP contribution in [0.2, 0.25) is 0 Å². The van der Waals surface area contributed by atoms with Crippen molar-refractivity contribution >= 4 is 5.97 Å². The molecule has 18 heavy (non-hydrogen) atoms. The van der Waals surface area contributed by atoms with Gasteiger partial charge in [0.2, 0.25) is 0 Å². The molecular formula is C13H17NO4. The van der Waals surface area contributed by atoms with Gasteiger partial charge < -0.3 is 14.4 Å². The Labute approximate surface area is 105 Å². The maximum atomic E-state index is 12.0. The Hall–Kier alpha value is -1.62. The first-order valence-electron chi connectivity index (χ1n) is 6.10. The van der Waals surface area contributed by atoms with Crippen molar-refractivity contribution in [1.29, 1.82) is 0 Å². The first kappa shape index (κ1) is 12.8. The normalized spacial score (nSPS) is 23.8. The van der Waals surface area contributed by atoms with Crippen LogP contribution in [0.15, 0.2) is 23.1 Å². The molecule has 0 radical (unpaired) electrons. The Morgan fingerprint density at radius 1 is 1.39 bits per heavy atom. The third kappa shape index (κ3) is 2.46. The number of hydrogen-bond donors (Lipinski definition) is 1. The van der Waals surface area contributed by atoms with Crippen molar-refractivity contribution < 1.29 is 14.6 Å². The summed E-state index contributed by atoms with van der Waals surface area (Å²) in [6.07, 6.45) is 5.45. The second-order valence-electron chi connectivity index (χ2n) is 4.61. The van der Waals surface area contributed by atoms with E-state index in [1.54, 1.807) is 23.9 Å². The van der Waals surface area contributed by atoms with E-state index < -0.39 is 11.5 Å². The molecule has 5 nitrogen and oxygen atoms in total. The summed E-state index contributed by atoms with van der Waals surface area (Å²) in [4.78, 5) is 22.9. The second-order valence-corrected chi connectivity index (χ2v) is 4.61. The molecule has 1 saturated carbocycles. The van der Waals surface area contributed by atoms with Gasteiger partial charge in [0.15, 0.2) is 0 Å². The van der Waals surface area contributed by atoms with Crippen molar-refractivity contribution in [2.45, 2.75) is 37.8 Å². The number of ether oxygens (including phenoxy) is 1. The highest BCUT2D eigenvalue weighted by Gasteiger charge is 2.23. The highest BCUT2D eigenvalue weighted by molar-refractivity contribution is 5.86. The number of carboxylic acid groups (broad SMARTS) is 1. The van der Waals surface area contributed by atoms with Gasteiger partial charge in [0, 0.05) is 19.3 Å². The molecule has 1 aliphatic rings. The maximum absolute atomic E-state index is 12.0. The number of rotatable bonds is 3. The van der Waals surface area contributed by atoms with Gasteiger partial charge in [0.25, 0.3) is 5.56 Å². The van der Waals surface area contributed by atoms with E-state index in [9.17, 15) is 9.59 Å². The molecule has 5 heteroatoms. The summed E-state index contributed by atoms with van der Waals surface area (Å²) in [5.74, 6) is -1.17. The fourth-order valence-electron chi connectivity index (χ4n) is 2.52. The SMILES string of the molecule is CO[C@H]1CC[C@H](n2cccc(C(=O)O)c2=O)CC1. The lowest BCUT2D eigenvalue weighted by atomic mass is 9.92. The van der Waals surface area contributed by atoms with Gasteiger partial charge in [-0.1, -0.05) is 0 Å². The summed E-state index contributed by atoms with van der Waals surface area (Å²) in [6.45, 7) is 0. The minimum atomic E-state index is -1.17. The highest BCUT2D eigenvalue weighted by Crippen LogP contribution is 2.28. The molecule has 1 heterocycles. The van der Waals surface area contributed by atoms with Gasteiger partial charge in [0.05, 0.1) is 6.10 Å². The van der Waals surface area contributed by atoms with Gasteiger partial charge in [-0.05, 0) is 37.8 Å². The highest BCUT2D eigenvalue weighted by atomic mass is 16.5.